The van der Waals surface area contributed by atoms with Gasteiger partial charge in [0.25, 0.3) is 0 Å². The van der Waals surface area contributed by atoms with Crippen LogP contribution in [0.1, 0.15) is 20.3 Å². The first-order valence-electron chi connectivity index (χ1n) is 3.45. The SMILES string of the molecule is C[C@H](N)[C@@H](C)CCN=[N+]=[N-].Cl. The van der Waals surface area contributed by atoms with Gasteiger partial charge >= 0.3 is 0 Å². The zero-order chi connectivity index (χ0) is 7.98. The highest BCUT2D eigenvalue weighted by Gasteiger charge is 2.04. The van der Waals surface area contributed by atoms with Crippen molar-refractivity contribution in [2.45, 2.75) is 26.3 Å². The van der Waals surface area contributed by atoms with Gasteiger partial charge in [-0.15, -0.1) is 12.4 Å². The summed E-state index contributed by atoms with van der Waals surface area (Å²) in [6.07, 6.45) is 0.877. The van der Waals surface area contributed by atoms with Gasteiger partial charge in [-0.05, 0) is 24.8 Å². The van der Waals surface area contributed by atoms with Crippen molar-refractivity contribution in [1.29, 1.82) is 0 Å². The van der Waals surface area contributed by atoms with Crippen LogP contribution in [0.2, 0.25) is 0 Å². The maximum atomic E-state index is 7.94. The van der Waals surface area contributed by atoms with E-state index in [0.29, 0.717) is 12.5 Å². The van der Waals surface area contributed by atoms with Crippen LogP contribution in [-0.4, -0.2) is 12.6 Å². The number of hydrogen-bond donors (Lipinski definition) is 1. The van der Waals surface area contributed by atoms with Crippen LogP contribution in [-0.2, 0) is 0 Å². The van der Waals surface area contributed by atoms with E-state index in [2.05, 4.69) is 16.9 Å². The lowest BCUT2D eigenvalue weighted by Crippen LogP contribution is -2.24. The number of nitrogens with two attached hydrogens (primary N) is 1. The fraction of sp³-hybridized carbons (Fsp3) is 1.00. The monoisotopic (exact) mass is 178 g/mol. The van der Waals surface area contributed by atoms with Gasteiger partial charge in [-0.25, -0.2) is 0 Å². The molecule has 0 spiro atoms. The van der Waals surface area contributed by atoms with Crippen LogP contribution in [0.4, 0.5) is 0 Å². The summed E-state index contributed by atoms with van der Waals surface area (Å²) in [4.78, 5) is 2.65. The summed E-state index contributed by atoms with van der Waals surface area (Å²) >= 11 is 0. The van der Waals surface area contributed by atoms with E-state index in [4.69, 9.17) is 11.3 Å². The molecule has 0 aliphatic heterocycles. The number of rotatable bonds is 4. The molecule has 0 bridgehead atoms. The minimum atomic E-state index is 0. The summed E-state index contributed by atoms with van der Waals surface area (Å²) in [6.45, 7) is 4.57. The van der Waals surface area contributed by atoms with Gasteiger partial charge in [0.15, 0.2) is 0 Å². The third-order valence-corrected chi connectivity index (χ3v) is 1.65. The smallest absolute Gasteiger partial charge is 0.0261 e. The molecule has 0 unspecified atom stereocenters. The Labute approximate surface area is 73.2 Å². The molecule has 0 heterocycles. The van der Waals surface area contributed by atoms with Crippen molar-refractivity contribution in [3.05, 3.63) is 10.4 Å². The molecular weight excluding hydrogens is 164 g/mol. The molecule has 0 saturated carbocycles. The molecule has 11 heavy (non-hydrogen) atoms. The molecule has 66 valence electrons. The normalized spacial score (nSPS) is 14.1. The average Bonchev–Trinajstić information content (AvgIpc) is 1.88. The van der Waals surface area contributed by atoms with Crippen molar-refractivity contribution in [3.63, 3.8) is 0 Å². The Balaban J connectivity index is 0. The molecule has 0 aromatic rings. The largest absolute Gasteiger partial charge is 0.328 e. The van der Waals surface area contributed by atoms with Crippen LogP contribution in [0.25, 0.3) is 10.4 Å². The van der Waals surface area contributed by atoms with Crippen molar-refractivity contribution in [2.24, 2.45) is 16.8 Å². The summed E-state index contributed by atoms with van der Waals surface area (Å²) in [5, 5.41) is 3.42. The minimum Gasteiger partial charge on any atom is -0.328 e. The number of azide groups is 1. The molecule has 2 N–H and O–H groups in total. The van der Waals surface area contributed by atoms with Gasteiger partial charge in [-0.3, -0.25) is 0 Å². The topological polar surface area (TPSA) is 74.8 Å². The van der Waals surface area contributed by atoms with Crippen LogP contribution >= 0.6 is 12.4 Å². The molecule has 0 fully saturated rings. The standard InChI is InChI=1S/C6H14N4.ClH/c1-5(6(2)7)3-4-9-10-8;/h5-6H,3-4,7H2,1-2H3;1H/t5-,6-;/m0./s1. The van der Waals surface area contributed by atoms with Gasteiger partial charge in [0.05, 0.1) is 0 Å². The second kappa shape index (κ2) is 7.66. The first kappa shape index (κ1) is 13.2. The maximum absolute atomic E-state index is 7.94. The number of hydrogen-bond acceptors (Lipinski definition) is 2. The third kappa shape index (κ3) is 7.46. The van der Waals surface area contributed by atoms with Crippen LogP contribution in [0.3, 0.4) is 0 Å². The van der Waals surface area contributed by atoms with Gasteiger partial charge in [-0.1, -0.05) is 12.0 Å². The van der Waals surface area contributed by atoms with Crippen molar-refractivity contribution in [1.82, 2.24) is 0 Å². The van der Waals surface area contributed by atoms with Crippen molar-refractivity contribution < 1.29 is 0 Å². The predicted molar refractivity (Wildman–Crippen MR) is 48.7 cm³/mol. The van der Waals surface area contributed by atoms with Crippen molar-refractivity contribution >= 4 is 12.4 Å². The second-order valence-electron chi connectivity index (χ2n) is 2.58. The highest BCUT2D eigenvalue weighted by Crippen LogP contribution is 2.04. The van der Waals surface area contributed by atoms with E-state index in [-0.39, 0.29) is 18.4 Å². The fourth-order valence-corrected chi connectivity index (χ4v) is 0.569. The lowest BCUT2D eigenvalue weighted by atomic mass is 10.0. The van der Waals surface area contributed by atoms with E-state index >= 15 is 0 Å². The second-order valence-corrected chi connectivity index (χ2v) is 2.58. The van der Waals surface area contributed by atoms with Gasteiger partial charge in [0, 0.05) is 17.5 Å². The summed E-state index contributed by atoms with van der Waals surface area (Å²) < 4.78 is 0. The Kier molecular flexibility index (Phi) is 9.18. The zero-order valence-corrected chi connectivity index (χ0v) is 7.71. The quantitative estimate of drug-likeness (QED) is 0.400. The molecule has 0 aliphatic rings. The Hall–Kier alpha value is -0.440. The third-order valence-electron chi connectivity index (χ3n) is 1.65. The summed E-state index contributed by atoms with van der Waals surface area (Å²) in [6, 6.07) is 0.189. The van der Waals surface area contributed by atoms with E-state index in [1.807, 2.05) is 6.92 Å². The molecule has 4 nitrogen and oxygen atoms in total. The molecule has 0 aliphatic carbocycles. The summed E-state index contributed by atoms with van der Waals surface area (Å²) in [5.41, 5.74) is 13.5. The van der Waals surface area contributed by atoms with Crippen molar-refractivity contribution in [2.75, 3.05) is 6.54 Å². The van der Waals surface area contributed by atoms with E-state index < -0.39 is 0 Å². The van der Waals surface area contributed by atoms with Gasteiger partial charge in [-0.2, -0.15) is 0 Å². The lowest BCUT2D eigenvalue weighted by Gasteiger charge is -2.12. The van der Waals surface area contributed by atoms with Gasteiger partial charge in [0.1, 0.15) is 0 Å². The highest BCUT2D eigenvalue weighted by atomic mass is 35.5. The van der Waals surface area contributed by atoms with E-state index in [1.165, 1.54) is 0 Å². The van der Waals surface area contributed by atoms with Crippen LogP contribution in [0, 0.1) is 5.92 Å². The average molecular weight is 179 g/mol. The molecule has 0 radical (unpaired) electrons. The highest BCUT2D eigenvalue weighted by molar-refractivity contribution is 5.85. The van der Waals surface area contributed by atoms with Crippen LogP contribution in [0.15, 0.2) is 5.11 Å². The maximum Gasteiger partial charge on any atom is 0.0261 e. The van der Waals surface area contributed by atoms with E-state index in [9.17, 15) is 0 Å². The first-order valence-corrected chi connectivity index (χ1v) is 3.45. The number of halogens is 1. The molecule has 0 aromatic heterocycles. The van der Waals surface area contributed by atoms with Crippen LogP contribution < -0.4 is 5.73 Å². The molecule has 0 saturated heterocycles. The Morgan fingerprint density at radius 2 is 2.09 bits per heavy atom. The molecule has 0 aromatic carbocycles. The molecule has 0 rings (SSSR count). The van der Waals surface area contributed by atoms with Gasteiger partial charge in [0.2, 0.25) is 0 Å². The first-order chi connectivity index (χ1) is 4.68. The summed E-state index contributed by atoms with van der Waals surface area (Å²) in [7, 11) is 0. The number of nitrogens with zero attached hydrogens (tertiary/aromatic N) is 3. The Morgan fingerprint density at radius 3 is 2.45 bits per heavy atom. The predicted octanol–water partition coefficient (Wildman–Crippen LogP) is 2.09. The van der Waals surface area contributed by atoms with E-state index in [1.54, 1.807) is 0 Å². The molecule has 0 amide bonds. The minimum absolute atomic E-state index is 0. The molecular formula is C6H15ClN4. The Morgan fingerprint density at radius 1 is 1.55 bits per heavy atom. The van der Waals surface area contributed by atoms with Crippen molar-refractivity contribution in [3.8, 4) is 0 Å². The Bertz CT molecular complexity index is 131. The fourth-order valence-electron chi connectivity index (χ4n) is 0.569. The lowest BCUT2D eigenvalue weighted by molar-refractivity contribution is 0.456. The van der Waals surface area contributed by atoms with Crippen LogP contribution in [0.5, 0.6) is 0 Å². The molecule has 5 heteroatoms. The molecule has 2 atom stereocenters. The summed E-state index contributed by atoms with van der Waals surface area (Å²) in [5.74, 6) is 0.436. The van der Waals surface area contributed by atoms with E-state index in [0.717, 1.165) is 6.42 Å². The van der Waals surface area contributed by atoms with Gasteiger partial charge < -0.3 is 5.73 Å². The zero-order valence-electron chi connectivity index (χ0n) is 6.90.